The number of piperidine rings is 1. The normalized spacial score (nSPS) is 19.2. The highest BCUT2D eigenvalue weighted by Gasteiger charge is 2.22. The minimum Gasteiger partial charge on any atom is -0.376 e. The van der Waals surface area contributed by atoms with Gasteiger partial charge in [-0.2, -0.15) is 5.26 Å². The van der Waals surface area contributed by atoms with Gasteiger partial charge in [0.1, 0.15) is 11.6 Å². The van der Waals surface area contributed by atoms with Crippen LogP contribution < -0.4 is 5.32 Å². The maximum absolute atomic E-state index is 12.8. The Labute approximate surface area is 175 Å². The molecule has 1 aliphatic heterocycles. The van der Waals surface area contributed by atoms with E-state index in [2.05, 4.69) is 48.5 Å². The van der Waals surface area contributed by atoms with E-state index in [0.717, 1.165) is 50.8 Å². The SMILES string of the molecule is CCC(NC(=O)/C(C#N)=C\N(C)C1CCN(C)CC1)c1ccc2c(c1)CCCC2. The number of benzene rings is 1. The Morgan fingerprint density at radius 3 is 2.66 bits per heavy atom. The van der Waals surface area contributed by atoms with Crippen molar-refractivity contribution < 1.29 is 4.79 Å². The summed E-state index contributed by atoms with van der Waals surface area (Å²) >= 11 is 0. The second kappa shape index (κ2) is 9.93. The fraction of sp³-hybridized carbons (Fsp3) is 0.583. The minimum atomic E-state index is -0.281. The highest BCUT2D eigenvalue weighted by molar-refractivity contribution is 5.97. The molecule has 2 aliphatic rings. The number of nitriles is 1. The molecule has 1 aromatic rings. The van der Waals surface area contributed by atoms with Crippen LogP contribution in [0.5, 0.6) is 0 Å². The fourth-order valence-electron chi connectivity index (χ4n) is 4.48. The summed E-state index contributed by atoms with van der Waals surface area (Å²) in [6.45, 7) is 4.17. The summed E-state index contributed by atoms with van der Waals surface area (Å²) in [5.41, 5.74) is 4.18. The van der Waals surface area contributed by atoms with Gasteiger partial charge in [0.25, 0.3) is 5.91 Å². The van der Waals surface area contributed by atoms with Gasteiger partial charge in [-0.3, -0.25) is 4.79 Å². The third-order valence-electron chi connectivity index (χ3n) is 6.45. The first-order chi connectivity index (χ1) is 14.0. The molecule has 0 bridgehead atoms. The average molecular weight is 395 g/mol. The summed E-state index contributed by atoms with van der Waals surface area (Å²) in [5.74, 6) is -0.281. The number of fused-ring (bicyclic) bond motifs is 1. The molecule has 0 radical (unpaired) electrons. The molecular weight excluding hydrogens is 360 g/mol. The monoisotopic (exact) mass is 394 g/mol. The molecule has 0 spiro atoms. The Hall–Kier alpha value is -2.32. The maximum atomic E-state index is 12.8. The van der Waals surface area contributed by atoms with Crippen LogP contribution in [0.15, 0.2) is 30.0 Å². The van der Waals surface area contributed by atoms with Crippen LogP contribution in [0.25, 0.3) is 0 Å². The number of carbonyl (C=O) groups is 1. The van der Waals surface area contributed by atoms with Crippen LogP contribution in [0.3, 0.4) is 0 Å². The van der Waals surface area contributed by atoms with Gasteiger partial charge in [-0.05, 0) is 81.8 Å². The second-order valence-electron chi connectivity index (χ2n) is 8.52. The summed E-state index contributed by atoms with van der Waals surface area (Å²) in [6.07, 6.45) is 9.42. The first-order valence-corrected chi connectivity index (χ1v) is 11.0. The summed E-state index contributed by atoms with van der Waals surface area (Å²) in [4.78, 5) is 17.2. The van der Waals surface area contributed by atoms with E-state index >= 15 is 0 Å². The Balaban J connectivity index is 1.68. The highest BCUT2D eigenvalue weighted by Crippen LogP contribution is 2.26. The van der Waals surface area contributed by atoms with Crippen molar-refractivity contribution in [1.29, 1.82) is 5.26 Å². The zero-order chi connectivity index (χ0) is 20.8. The number of likely N-dealkylation sites (tertiary alicyclic amines) is 1. The number of hydrogen-bond acceptors (Lipinski definition) is 4. The molecule has 1 aliphatic carbocycles. The average Bonchev–Trinajstić information content (AvgIpc) is 2.75. The van der Waals surface area contributed by atoms with Crippen LogP contribution in [0, 0.1) is 11.3 Å². The molecule has 5 nitrogen and oxygen atoms in total. The van der Waals surface area contributed by atoms with Gasteiger partial charge in [-0.25, -0.2) is 0 Å². The molecule has 3 rings (SSSR count). The van der Waals surface area contributed by atoms with E-state index in [1.807, 2.05) is 11.9 Å². The highest BCUT2D eigenvalue weighted by atomic mass is 16.1. The molecule has 29 heavy (non-hydrogen) atoms. The van der Waals surface area contributed by atoms with Crippen molar-refractivity contribution in [1.82, 2.24) is 15.1 Å². The van der Waals surface area contributed by atoms with Crippen molar-refractivity contribution in [3.8, 4) is 6.07 Å². The Morgan fingerprint density at radius 1 is 1.31 bits per heavy atom. The lowest BCUT2D eigenvalue weighted by molar-refractivity contribution is -0.117. The smallest absolute Gasteiger partial charge is 0.263 e. The third-order valence-corrected chi connectivity index (χ3v) is 6.45. The number of amides is 1. The minimum absolute atomic E-state index is 0.0693. The zero-order valence-corrected chi connectivity index (χ0v) is 18.1. The largest absolute Gasteiger partial charge is 0.376 e. The lowest BCUT2D eigenvalue weighted by atomic mass is 9.88. The molecule has 1 saturated heterocycles. The van der Waals surface area contributed by atoms with E-state index in [0.29, 0.717) is 6.04 Å². The van der Waals surface area contributed by atoms with Crippen molar-refractivity contribution in [2.75, 3.05) is 27.2 Å². The molecule has 1 fully saturated rings. The van der Waals surface area contributed by atoms with Crippen molar-refractivity contribution >= 4 is 5.91 Å². The number of hydrogen-bond donors (Lipinski definition) is 1. The molecule has 5 heteroatoms. The van der Waals surface area contributed by atoms with Crippen LogP contribution in [-0.2, 0) is 17.6 Å². The molecular formula is C24H34N4O. The lowest BCUT2D eigenvalue weighted by Gasteiger charge is -2.34. The Bertz CT molecular complexity index is 787. The molecule has 1 atom stereocenters. The van der Waals surface area contributed by atoms with Gasteiger partial charge < -0.3 is 15.1 Å². The first kappa shape index (κ1) is 21.4. The van der Waals surface area contributed by atoms with Gasteiger partial charge in [0.15, 0.2) is 0 Å². The van der Waals surface area contributed by atoms with Gasteiger partial charge in [-0.15, -0.1) is 0 Å². The molecule has 156 valence electrons. The van der Waals surface area contributed by atoms with E-state index in [-0.39, 0.29) is 17.5 Å². The predicted molar refractivity (Wildman–Crippen MR) is 116 cm³/mol. The molecule has 1 unspecified atom stereocenters. The molecule has 0 saturated carbocycles. The van der Waals surface area contributed by atoms with Gasteiger partial charge in [0.2, 0.25) is 0 Å². The summed E-state index contributed by atoms with van der Waals surface area (Å²) in [6, 6.07) is 9.03. The molecule has 1 amide bonds. The van der Waals surface area contributed by atoms with Crippen LogP contribution in [0.2, 0.25) is 0 Å². The van der Waals surface area contributed by atoms with Crippen molar-refractivity contribution in [2.45, 2.75) is 64.0 Å². The van der Waals surface area contributed by atoms with E-state index in [9.17, 15) is 10.1 Å². The quantitative estimate of drug-likeness (QED) is 0.592. The van der Waals surface area contributed by atoms with Gasteiger partial charge in [0, 0.05) is 19.3 Å². The third kappa shape index (κ3) is 5.39. The maximum Gasteiger partial charge on any atom is 0.263 e. The molecule has 1 N–H and O–H groups in total. The number of rotatable bonds is 6. The van der Waals surface area contributed by atoms with Crippen LogP contribution in [0.4, 0.5) is 0 Å². The topological polar surface area (TPSA) is 59.4 Å². The molecule has 1 heterocycles. The van der Waals surface area contributed by atoms with E-state index in [4.69, 9.17) is 0 Å². The van der Waals surface area contributed by atoms with E-state index in [1.165, 1.54) is 24.0 Å². The Morgan fingerprint density at radius 2 is 2.00 bits per heavy atom. The first-order valence-electron chi connectivity index (χ1n) is 11.0. The fourth-order valence-corrected chi connectivity index (χ4v) is 4.48. The van der Waals surface area contributed by atoms with Crippen molar-refractivity contribution in [3.05, 3.63) is 46.7 Å². The van der Waals surface area contributed by atoms with Crippen LogP contribution >= 0.6 is 0 Å². The van der Waals surface area contributed by atoms with Gasteiger partial charge >= 0.3 is 0 Å². The van der Waals surface area contributed by atoms with Crippen LogP contribution in [0.1, 0.15) is 61.8 Å². The lowest BCUT2D eigenvalue weighted by Crippen LogP contribution is -2.40. The zero-order valence-electron chi connectivity index (χ0n) is 18.1. The number of nitrogens with zero attached hydrogens (tertiary/aromatic N) is 3. The van der Waals surface area contributed by atoms with Gasteiger partial charge in [-0.1, -0.05) is 25.1 Å². The van der Waals surface area contributed by atoms with Crippen molar-refractivity contribution in [3.63, 3.8) is 0 Å². The van der Waals surface area contributed by atoms with E-state index in [1.54, 1.807) is 6.20 Å². The standard InChI is InChI=1S/C24H34N4O/c1-4-23(20-10-9-18-7-5-6-8-19(18)15-20)26-24(29)21(16-25)17-28(3)22-11-13-27(2)14-12-22/h9-10,15,17,22-23H,4-8,11-14H2,1-3H3,(H,26,29)/b21-17-. The summed E-state index contributed by atoms with van der Waals surface area (Å²) in [5, 5.41) is 12.7. The number of aryl methyl sites for hydroxylation is 2. The number of nitrogens with one attached hydrogen (secondary N) is 1. The van der Waals surface area contributed by atoms with Crippen molar-refractivity contribution in [2.24, 2.45) is 0 Å². The number of carbonyl (C=O) groups excluding carboxylic acids is 1. The molecule has 1 aromatic carbocycles. The Kier molecular flexibility index (Phi) is 7.33. The predicted octanol–water partition coefficient (Wildman–Crippen LogP) is 3.57. The second-order valence-corrected chi connectivity index (χ2v) is 8.52. The molecule has 0 aromatic heterocycles. The van der Waals surface area contributed by atoms with E-state index < -0.39 is 0 Å². The summed E-state index contributed by atoms with van der Waals surface area (Å²) in [7, 11) is 4.10. The summed E-state index contributed by atoms with van der Waals surface area (Å²) < 4.78 is 0. The van der Waals surface area contributed by atoms with Crippen LogP contribution in [-0.4, -0.2) is 48.9 Å². The van der Waals surface area contributed by atoms with Gasteiger partial charge in [0.05, 0.1) is 6.04 Å².